The second-order valence-electron chi connectivity index (χ2n) is 7.57. The number of likely N-dealkylation sites (tertiary alicyclic amines) is 1. The van der Waals surface area contributed by atoms with Crippen LogP contribution in [0, 0.1) is 17.6 Å². The molecule has 1 aromatic heterocycles. The van der Waals surface area contributed by atoms with Crippen LogP contribution in [0.15, 0.2) is 51.9 Å². The second-order valence-corrected chi connectivity index (χ2v) is 9.60. The minimum atomic E-state index is -3.49. The molecule has 8 heteroatoms. The fourth-order valence-electron chi connectivity index (χ4n) is 3.93. The smallest absolute Gasteiger partial charge is 0.178 e. The Balaban J connectivity index is 1.29. The molecule has 29 heavy (non-hydrogen) atoms. The van der Waals surface area contributed by atoms with Crippen LogP contribution in [0.2, 0.25) is 0 Å². The van der Waals surface area contributed by atoms with Crippen LogP contribution < -0.4 is 0 Å². The first-order chi connectivity index (χ1) is 13.9. The molecule has 0 N–H and O–H groups in total. The molecule has 154 valence electrons. The Morgan fingerprint density at radius 3 is 2.79 bits per heavy atom. The molecule has 0 aliphatic carbocycles. The van der Waals surface area contributed by atoms with Crippen molar-refractivity contribution in [1.29, 1.82) is 0 Å². The zero-order valence-corrected chi connectivity index (χ0v) is 16.7. The molecule has 1 atom stereocenters. The van der Waals surface area contributed by atoms with Crippen molar-refractivity contribution < 1.29 is 21.7 Å². The van der Waals surface area contributed by atoms with E-state index in [4.69, 9.17) is 4.52 Å². The SMILES string of the molecule is O=S(=O)(CC1CCN(CCCc2noc3cc(F)ccc23)C1)c1cccc(F)c1. The summed E-state index contributed by atoms with van der Waals surface area (Å²) in [5, 5.41) is 4.86. The molecule has 4 rings (SSSR count). The van der Waals surface area contributed by atoms with E-state index in [0.29, 0.717) is 18.5 Å². The highest BCUT2D eigenvalue weighted by molar-refractivity contribution is 7.91. The van der Waals surface area contributed by atoms with Crippen molar-refractivity contribution in [2.24, 2.45) is 5.92 Å². The van der Waals surface area contributed by atoms with Crippen LogP contribution in [-0.2, 0) is 16.3 Å². The van der Waals surface area contributed by atoms with E-state index in [1.165, 1.54) is 30.3 Å². The number of fused-ring (bicyclic) bond motifs is 1. The van der Waals surface area contributed by atoms with Gasteiger partial charge < -0.3 is 9.42 Å². The summed E-state index contributed by atoms with van der Waals surface area (Å²) in [6, 6.07) is 9.59. The molecule has 1 aliphatic rings. The maximum atomic E-state index is 13.3. The summed E-state index contributed by atoms with van der Waals surface area (Å²) in [6.45, 7) is 2.37. The van der Waals surface area contributed by atoms with Gasteiger partial charge in [0.1, 0.15) is 11.6 Å². The summed E-state index contributed by atoms with van der Waals surface area (Å²) in [7, 11) is -3.49. The molecule has 0 radical (unpaired) electrons. The predicted octanol–water partition coefficient (Wildman–Crippen LogP) is 3.83. The molecule has 0 spiro atoms. The number of aryl methyl sites for hydroxylation is 1. The van der Waals surface area contributed by atoms with Crippen LogP contribution in [0.1, 0.15) is 18.5 Å². The highest BCUT2D eigenvalue weighted by atomic mass is 32.2. The van der Waals surface area contributed by atoms with Crippen LogP contribution in [-0.4, -0.2) is 43.9 Å². The highest BCUT2D eigenvalue weighted by Gasteiger charge is 2.28. The Kier molecular flexibility index (Phi) is 5.65. The largest absolute Gasteiger partial charge is 0.356 e. The van der Waals surface area contributed by atoms with Gasteiger partial charge in [-0.15, -0.1) is 0 Å². The van der Waals surface area contributed by atoms with Crippen molar-refractivity contribution in [3.8, 4) is 0 Å². The van der Waals surface area contributed by atoms with Gasteiger partial charge in [0.2, 0.25) is 0 Å². The van der Waals surface area contributed by atoms with Gasteiger partial charge >= 0.3 is 0 Å². The van der Waals surface area contributed by atoms with Gasteiger partial charge in [-0.05, 0) is 68.6 Å². The first-order valence-electron chi connectivity index (χ1n) is 9.65. The van der Waals surface area contributed by atoms with E-state index in [9.17, 15) is 17.2 Å². The van der Waals surface area contributed by atoms with E-state index in [1.807, 2.05) is 0 Å². The Labute approximate surface area is 168 Å². The molecular weight excluding hydrogens is 398 g/mol. The second kappa shape index (κ2) is 8.20. The first kappa shape index (κ1) is 20.0. The number of halogens is 2. The Morgan fingerprint density at radius 2 is 1.97 bits per heavy atom. The maximum absolute atomic E-state index is 13.3. The number of hydrogen-bond donors (Lipinski definition) is 0. The minimum absolute atomic E-state index is 0.0342. The van der Waals surface area contributed by atoms with Crippen molar-refractivity contribution in [1.82, 2.24) is 10.1 Å². The van der Waals surface area contributed by atoms with Crippen LogP contribution in [0.3, 0.4) is 0 Å². The van der Waals surface area contributed by atoms with Crippen molar-refractivity contribution in [3.05, 3.63) is 59.8 Å². The van der Waals surface area contributed by atoms with Crippen molar-refractivity contribution in [2.75, 3.05) is 25.4 Å². The first-order valence-corrected chi connectivity index (χ1v) is 11.3. The van der Waals surface area contributed by atoms with Crippen LogP contribution in [0.5, 0.6) is 0 Å². The third-order valence-electron chi connectivity index (χ3n) is 5.38. The van der Waals surface area contributed by atoms with E-state index in [1.54, 1.807) is 6.07 Å². The van der Waals surface area contributed by atoms with Gasteiger partial charge in [0.15, 0.2) is 15.4 Å². The number of rotatable bonds is 7. The van der Waals surface area contributed by atoms with Crippen LogP contribution >= 0.6 is 0 Å². The van der Waals surface area contributed by atoms with Crippen molar-refractivity contribution in [3.63, 3.8) is 0 Å². The summed E-state index contributed by atoms with van der Waals surface area (Å²) in [5.41, 5.74) is 1.26. The highest BCUT2D eigenvalue weighted by Crippen LogP contribution is 2.24. The van der Waals surface area contributed by atoms with Gasteiger partial charge in [-0.25, -0.2) is 17.2 Å². The van der Waals surface area contributed by atoms with Gasteiger partial charge in [-0.3, -0.25) is 0 Å². The topological polar surface area (TPSA) is 63.4 Å². The number of hydrogen-bond acceptors (Lipinski definition) is 5. The molecular formula is C21H22F2N2O3S. The zero-order valence-electron chi connectivity index (χ0n) is 15.9. The van der Waals surface area contributed by atoms with Crippen LogP contribution in [0.4, 0.5) is 8.78 Å². The van der Waals surface area contributed by atoms with E-state index in [-0.39, 0.29) is 22.4 Å². The Bertz CT molecular complexity index is 1110. The summed E-state index contributed by atoms with van der Waals surface area (Å²) in [6.07, 6.45) is 2.37. The molecule has 0 saturated carbocycles. The number of nitrogens with zero attached hydrogens (tertiary/aromatic N) is 2. The van der Waals surface area contributed by atoms with Gasteiger partial charge in [0.05, 0.1) is 16.3 Å². The molecule has 1 unspecified atom stereocenters. The molecule has 2 heterocycles. The summed E-state index contributed by atoms with van der Waals surface area (Å²) >= 11 is 0. The van der Waals surface area contributed by atoms with E-state index < -0.39 is 15.7 Å². The minimum Gasteiger partial charge on any atom is -0.356 e. The molecule has 0 amide bonds. The van der Waals surface area contributed by atoms with Crippen molar-refractivity contribution >= 4 is 20.8 Å². The third-order valence-corrected chi connectivity index (χ3v) is 7.26. The normalized spacial score (nSPS) is 17.9. The van der Waals surface area contributed by atoms with E-state index >= 15 is 0 Å². The molecule has 5 nitrogen and oxygen atoms in total. The average Bonchev–Trinajstić information content (AvgIpc) is 3.28. The lowest BCUT2D eigenvalue weighted by molar-refractivity contribution is 0.322. The molecule has 2 aromatic carbocycles. The standard InChI is InChI=1S/C21H22F2N2O3S/c22-16-3-1-4-18(11-16)29(26,27)14-15-8-10-25(13-15)9-2-5-20-19-7-6-17(23)12-21(19)28-24-20/h1,3-4,6-7,11-12,15H,2,5,8-10,13-14H2. The van der Waals surface area contributed by atoms with Crippen LogP contribution in [0.25, 0.3) is 11.0 Å². The number of aromatic nitrogens is 1. The fraction of sp³-hybridized carbons (Fsp3) is 0.381. The lowest BCUT2D eigenvalue weighted by Gasteiger charge is -2.15. The monoisotopic (exact) mass is 420 g/mol. The van der Waals surface area contributed by atoms with E-state index in [2.05, 4.69) is 10.1 Å². The fourth-order valence-corrected chi connectivity index (χ4v) is 5.60. The molecule has 1 aliphatic heterocycles. The van der Waals surface area contributed by atoms with Gasteiger partial charge in [0.25, 0.3) is 0 Å². The summed E-state index contributed by atoms with van der Waals surface area (Å²) in [4.78, 5) is 2.29. The molecule has 3 aromatic rings. The Morgan fingerprint density at radius 1 is 1.14 bits per heavy atom. The summed E-state index contributed by atoms with van der Waals surface area (Å²) < 4.78 is 56.8. The number of sulfone groups is 1. The van der Waals surface area contributed by atoms with E-state index in [0.717, 1.165) is 43.1 Å². The van der Waals surface area contributed by atoms with Crippen molar-refractivity contribution in [2.45, 2.75) is 24.2 Å². The Hall–Kier alpha value is -2.32. The average molecular weight is 420 g/mol. The zero-order chi connectivity index (χ0) is 20.4. The maximum Gasteiger partial charge on any atom is 0.178 e. The van der Waals surface area contributed by atoms with Gasteiger partial charge in [0, 0.05) is 18.0 Å². The molecule has 1 saturated heterocycles. The number of benzene rings is 2. The molecule has 1 fully saturated rings. The predicted molar refractivity (Wildman–Crippen MR) is 105 cm³/mol. The third kappa shape index (κ3) is 4.64. The van der Waals surface area contributed by atoms with Gasteiger partial charge in [-0.2, -0.15) is 0 Å². The quantitative estimate of drug-likeness (QED) is 0.581. The lowest BCUT2D eigenvalue weighted by atomic mass is 10.1. The van der Waals surface area contributed by atoms with Gasteiger partial charge in [-0.1, -0.05) is 11.2 Å². The summed E-state index contributed by atoms with van der Waals surface area (Å²) in [5.74, 6) is -0.815. The molecule has 0 bridgehead atoms. The lowest BCUT2D eigenvalue weighted by Crippen LogP contribution is -2.24.